The minimum Gasteiger partial charge on any atom is -0.426 e. The van der Waals surface area contributed by atoms with Crippen LogP contribution < -0.4 is 10.1 Å². The van der Waals surface area contributed by atoms with Gasteiger partial charge in [0.15, 0.2) is 5.76 Å². The van der Waals surface area contributed by atoms with Gasteiger partial charge in [0.25, 0.3) is 11.9 Å². The van der Waals surface area contributed by atoms with Crippen LogP contribution in [0.15, 0.2) is 53.1 Å². The number of nitrogens with zero attached hydrogens (tertiary/aromatic N) is 1. The van der Waals surface area contributed by atoms with E-state index in [2.05, 4.69) is 10.3 Å². The molecule has 0 aliphatic carbocycles. The number of aromatic nitrogens is 1. The van der Waals surface area contributed by atoms with Crippen LogP contribution in [0, 0.1) is 0 Å². The fraction of sp³-hybridized carbons (Fsp3) is 0.0588. The summed E-state index contributed by atoms with van der Waals surface area (Å²) in [6.07, 6.45) is -3.89. The lowest BCUT2D eigenvalue weighted by atomic mass is 10.3. The molecule has 2 heterocycles. The van der Waals surface area contributed by atoms with Crippen molar-refractivity contribution in [3.63, 3.8) is 0 Å². The summed E-state index contributed by atoms with van der Waals surface area (Å²) in [5.41, 5.74) is -0.922. The summed E-state index contributed by atoms with van der Waals surface area (Å²) in [5, 5.41) is 3.04. The van der Waals surface area contributed by atoms with Gasteiger partial charge in [-0.05, 0) is 36.4 Å². The zero-order valence-corrected chi connectivity index (χ0v) is 14.7. The number of ether oxygens (including phenoxy) is 1. The summed E-state index contributed by atoms with van der Waals surface area (Å²) >= 11 is 11.7. The van der Waals surface area contributed by atoms with Gasteiger partial charge in [-0.15, -0.1) is 0 Å². The number of alkyl halides is 3. The van der Waals surface area contributed by atoms with E-state index in [0.29, 0.717) is 22.0 Å². The third kappa shape index (κ3) is 4.93. The van der Waals surface area contributed by atoms with E-state index >= 15 is 0 Å². The fourth-order valence-electron chi connectivity index (χ4n) is 2.01. The molecule has 1 aromatic carbocycles. The summed E-state index contributed by atoms with van der Waals surface area (Å²) in [4.78, 5) is 15.7. The van der Waals surface area contributed by atoms with Gasteiger partial charge in [-0.1, -0.05) is 23.2 Å². The SMILES string of the molecule is O=C(Nc1ccc(C(F)(F)F)cn1)c1ccc(Oc2cc(Cl)cc(Cl)c2)o1. The molecule has 1 N–H and O–H groups in total. The molecule has 0 fully saturated rings. The van der Waals surface area contributed by atoms with Gasteiger partial charge in [-0.2, -0.15) is 13.2 Å². The zero-order chi connectivity index (χ0) is 19.6. The number of nitrogens with one attached hydrogen (secondary N) is 1. The smallest absolute Gasteiger partial charge is 0.417 e. The lowest BCUT2D eigenvalue weighted by molar-refractivity contribution is -0.137. The van der Waals surface area contributed by atoms with Crippen LogP contribution in [-0.2, 0) is 6.18 Å². The molecule has 10 heteroatoms. The number of anilines is 1. The summed E-state index contributed by atoms with van der Waals surface area (Å²) in [6.45, 7) is 0. The number of hydrogen-bond donors (Lipinski definition) is 1. The monoisotopic (exact) mass is 416 g/mol. The Kier molecular flexibility index (Phi) is 5.29. The second-order valence-corrected chi connectivity index (χ2v) is 6.08. The van der Waals surface area contributed by atoms with E-state index in [9.17, 15) is 18.0 Å². The Morgan fingerprint density at radius 1 is 1.07 bits per heavy atom. The van der Waals surface area contributed by atoms with Gasteiger partial charge in [-0.25, -0.2) is 4.98 Å². The molecule has 1 amide bonds. The first-order valence-electron chi connectivity index (χ1n) is 7.29. The van der Waals surface area contributed by atoms with Crippen molar-refractivity contribution in [2.45, 2.75) is 6.18 Å². The highest BCUT2D eigenvalue weighted by molar-refractivity contribution is 6.34. The molecule has 140 valence electrons. The molecule has 27 heavy (non-hydrogen) atoms. The third-order valence-electron chi connectivity index (χ3n) is 3.19. The van der Waals surface area contributed by atoms with Crippen LogP contribution >= 0.6 is 23.2 Å². The molecular formula is C17H9Cl2F3N2O3. The van der Waals surface area contributed by atoms with Gasteiger partial charge in [0.2, 0.25) is 0 Å². The molecule has 0 aliphatic rings. The van der Waals surface area contributed by atoms with E-state index < -0.39 is 17.6 Å². The minimum atomic E-state index is -4.51. The van der Waals surface area contributed by atoms with Gasteiger partial charge in [0.05, 0.1) is 5.56 Å². The summed E-state index contributed by atoms with van der Waals surface area (Å²) in [5.74, 6) is -0.591. The van der Waals surface area contributed by atoms with Gasteiger partial charge >= 0.3 is 6.18 Å². The van der Waals surface area contributed by atoms with Crippen molar-refractivity contribution >= 4 is 34.9 Å². The lowest BCUT2D eigenvalue weighted by Gasteiger charge is -2.07. The van der Waals surface area contributed by atoms with Crippen molar-refractivity contribution in [3.8, 4) is 11.7 Å². The first-order valence-corrected chi connectivity index (χ1v) is 8.05. The Morgan fingerprint density at radius 3 is 2.37 bits per heavy atom. The van der Waals surface area contributed by atoms with Crippen molar-refractivity contribution in [2.24, 2.45) is 0 Å². The van der Waals surface area contributed by atoms with Gasteiger partial charge in [0.1, 0.15) is 11.6 Å². The number of rotatable bonds is 4. The predicted molar refractivity (Wildman–Crippen MR) is 92.4 cm³/mol. The maximum atomic E-state index is 12.5. The number of halogens is 5. The summed E-state index contributed by atoms with van der Waals surface area (Å²) in [7, 11) is 0. The van der Waals surface area contributed by atoms with Crippen molar-refractivity contribution < 1.29 is 27.1 Å². The van der Waals surface area contributed by atoms with Crippen LogP contribution in [0.1, 0.15) is 16.1 Å². The Labute approximate surface area is 160 Å². The van der Waals surface area contributed by atoms with Crippen LogP contribution in [0.25, 0.3) is 0 Å². The molecule has 2 aromatic heterocycles. The third-order valence-corrected chi connectivity index (χ3v) is 3.63. The number of carbonyl (C=O) groups excluding carboxylic acids is 1. The number of pyridine rings is 1. The van der Waals surface area contributed by atoms with Gasteiger partial charge in [0, 0.05) is 22.3 Å². The van der Waals surface area contributed by atoms with E-state index in [1.807, 2.05) is 0 Å². The standard InChI is InChI=1S/C17H9Cl2F3N2O3/c18-10-5-11(19)7-12(6-10)26-15-4-2-13(27-15)16(25)24-14-3-1-9(8-23-14)17(20,21)22/h1-8H,(H,23,24,25). The molecule has 0 aliphatic heterocycles. The number of hydrogen-bond acceptors (Lipinski definition) is 4. The molecule has 0 unspecified atom stereocenters. The normalized spacial score (nSPS) is 11.3. The van der Waals surface area contributed by atoms with Crippen molar-refractivity contribution in [1.82, 2.24) is 4.98 Å². The number of amides is 1. The highest BCUT2D eigenvalue weighted by Gasteiger charge is 2.30. The first kappa shape index (κ1) is 19.1. The molecule has 0 spiro atoms. The van der Waals surface area contributed by atoms with E-state index in [1.165, 1.54) is 30.3 Å². The zero-order valence-electron chi connectivity index (χ0n) is 13.2. The molecule has 3 aromatic rings. The highest BCUT2D eigenvalue weighted by Crippen LogP contribution is 2.30. The lowest BCUT2D eigenvalue weighted by Crippen LogP contribution is -2.13. The predicted octanol–water partition coefficient (Wildman–Crippen LogP) is 6.04. The number of benzene rings is 1. The molecular weight excluding hydrogens is 408 g/mol. The quantitative estimate of drug-likeness (QED) is 0.562. The van der Waals surface area contributed by atoms with Crippen LogP contribution in [0.4, 0.5) is 19.0 Å². The number of furan rings is 1. The Bertz CT molecular complexity index is 952. The second kappa shape index (κ2) is 7.50. The van der Waals surface area contributed by atoms with Crippen LogP contribution in [-0.4, -0.2) is 10.9 Å². The van der Waals surface area contributed by atoms with E-state index in [4.69, 9.17) is 32.4 Å². The van der Waals surface area contributed by atoms with Crippen molar-refractivity contribution in [2.75, 3.05) is 5.32 Å². The fourth-order valence-corrected chi connectivity index (χ4v) is 2.52. The Hall–Kier alpha value is -2.71. The van der Waals surface area contributed by atoms with Crippen molar-refractivity contribution in [3.05, 3.63) is 70.0 Å². The largest absolute Gasteiger partial charge is 0.426 e. The topological polar surface area (TPSA) is 64.4 Å². The van der Waals surface area contributed by atoms with Gasteiger partial charge in [-0.3, -0.25) is 4.79 Å². The van der Waals surface area contributed by atoms with E-state index in [0.717, 1.165) is 12.1 Å². The van der Waals surface area contributed by atoms with Crippen LogP contribution in [0.3, 0.4) is 0 Å². The van der Waals surface area contributed by atoms with Gasteiger partial charge < -0.3 is 14.5 Å². The maximum Gasteiger partial charge on any atom is 0.417 e. The molecule has 0 atom stereocenters. The van der Waals surface area contributed by atoms with E-state index in [-0.39, 0.29) is 17.5 Å². The highest BCUT2D eigenvalue weighted by atomic mass is 35.5. The molecule has 5 nitrogen and oxygen atoms in total. The van der Waals surface area contributed by atoms with E-state index in [1.54, 1.807) is 0 Å². The summed E-state index contributed by atoms with van der Waals surface area (Å²) < 4.78 is 48.2. The molecule has 0 saturated heterocycles. The average Bonchev–Trinajstić information content (AvgIpc) is 3.02. The molecule has 0 bridgehead atoms. The average molecular weight is 417 g/mol. The second-order valence-electron chi connectivity index (χ2n) is 5.21. The maximum absolute atomic E-state index is 12.5. The van der Waals surface area contributed by atoms with Crippen LogP contribution in [0.5, 0.6) is 11.7 Å². The minimum absolute atomic E-state index is 0.00105. The molecule has 0 radical (unpaired) electrons. The van der Waals surface area contributed by atoms with Crippen molar-refractivity contribution in [1.29, 1.82) is 0 Å². The Morgan fingerprint density at radius 2 is 1.78 bits per heavy atom. The molecule has 0 saturated carbocycles. The van der Waals surface area contributed by atoms with Crippen LogP contribution in [0.2, 0.25) is 10.0 Å². The molecule has 3 rings (SSSR count). The Balaban J connectivity index is 1.68. The number of carbonyl (C=O) groups is 1. The summed E-state index contributed by atoms with van der Waals surface area (Å²) in [6, 6.07) is 9.10. The first-order chi connectivity index (χ1) is 12.7.